The molecule has 136 valence electrons. The van der Waals surface area contributed by atoms with Crippen LogP contribution in [-0.4, -0.2) is 29.7 Å². The molecule has 0 spiro atoms. The molecule has 7 nitrogen and oxygen atoms in total. The van der Waals surface area contributed by atoms with Crippen LogP contribution in [0.2, 0.25) is 0 Å². The summed E-state index contributed by atoms with van der Waals surface area (Å²) in [5.41, 5.74) is 7.20. The number of imide groups is 1. The molecule has 0 saturated heterocycles. The second-order valence-electron chi connectivity index (χ2n) is 6.22. The van der Waals surface area contributed by atoms with Crippen molar-refractivity contribution < 1.29 is 73.9 Å². The van der Waals surface area contributed by atoms with Gasteiger partial charge in [0.25, 0.3) is 11.8 Å². The van der Waals surface area contributed by atoms with Crippen molar-refractivity contribution in [2.24, 2.45) is 0 Å². The van der Waals surface area contributed by atoms with Crippen LogP contribution in [0.5, 0.6) is 0 Å². The summed E-state index contributed by atoms with van der Waals surface area (Å²) in [7, 11) is -4.76. The molecule has 0 bridgehead atoms. The van der Waals surface area contributed by atoms with Gasteiger partial charge in [0, 0.05) is 22.2 Å². The Morgan fingerprint density at radius 1 is 0.929 bits per heavy atom. The number of nitrogen functional groups attached to an aromatic ring is 1. The molecular weight excluding hydrogens is 407 g/mol. The summed E-state index contributed by atoms with van der Waals surface area (Å²) in [4.78, 5) is 26.4. The number of hydrogen-bond donors (Lipinski definition) is 1. The van der Waals surface area contributed by atoms with Gasteiger partial charge in [-0.25, -0.2) is 8.42 Å². The molecule has 0 fully saturated rings. The molecule has 0 aliphatic carbocycles. The van der Waals surface area contributed by atoms with E-state index in [1.807, 2.05) is 0 Å². The zero-order valence-corrected chi connectivity index (χ0v) is 18.8. The summed E-state index contributed by atoms with van der Waals surface area (Å²) >= 11 is 0. The number of nitrogens with zero attached hydrogens (tertiary/aromatic N) is 1. The number of nitrogens with two attached hydrogens (primary N) is 1. The van der Waals surface area contributed by atoms with E-state index in [4.69, 9.17) is 5.73 Å². The molecular formula is C19H13KN2O5S. The average molecular weight is 420 g/mol. The Balaban J connectivity index is 0.00000225. The Labute approximate surface area is 203 Å². The molecule has 28 heavy (non-hydrogen) atoms. The molecule has 1 aliphatic rings. The largest absolute Gasteiger partial charge is 1.00 e. The van der Waals surface area contributed by atoms with E-state index in [1.165, 1.54) is 6.07 Å². The van der Waals surface area contributed by atoms with Crippen molar-refractivity contribution in [3.05, 3.63) is 71.3 Å². The Morgan fingerprint density at radius 2 is 1.61 bits per heavy atom. The first-order valence-electron chi connectivity index (χ1n) is 7.99. The average Bonchev–Trinajstić information content (AvgIpc) is 2.63. The van der Waals surface area contributed by atoms with Gasteiger partial charge in [-0.2, -0.15) is 0 Å². The van der Waals surface area contributed by atoms with E-state index in [9.17, 15) is 22.6 Å². The van der Waals surface area contributed by atoms with Crippen molar-refractivity contribution in [1.29, 1.82) is 0 Å². The van der Waals surface area contributed by atoms with Crippen LogP contribution < -0.4 is 57.1 Å². The number of benzene rings is 3. The van der Waals surface area contributed by atoms with Gasteiger partial charge in [0.2, 0.25) is 0 Å². The van der Waals surface area contributed by atoms with E-state index in [1.54, 1.807) is 42.5 Å². The number of para-hydroxylation sites is 1. The van der Waals surface area contributed by atoms with Crippen molar-refractivity contribution in [2.75, 3.05) is 5.73 Å². The standard InChI is InChI=1S/C19H14N2O5S.K/c20-16-7-2-1-4-12(16)10-21-18(22)14-6-3-5-11-8-13(27(24,25)26)9-15(17(11)14)19(21)23;/h1-9H,10,20H2,(H,24,25,26);/q;+1/p-1. The number of anilines is 1. The summed E-state index contributed by atoms with van der Waals surface area (Å²) in [6.07, 6.45) is 0. The molecule has 0 radical (unpaired) electrons. The van der Waals surface area contributed by atoms with Crippen molar-refractivity contribution in [2.45, 2.75) is 11.4 Å². The van der Waals surface area contributed by atoms with Gasteiger partial charge in [-0.1, -0.05) is 30.3 Å². The van der Waals surface area contributed by atoms with Gasteiger partial charge >= 0.3 is 51.4 Å². The first kappa shape index (κ1) is 21.1. The van der Waals surface area contributed by atoms with E-state index in [2.05, 4.69) is 0 Å². The molecule has 0 atom stereocenters. The molecule has 0 saturated carbocycles. The van der Waals surface area contributed by atoms with E-state index in [-0.39, 0.29) is 69.1 Å². The van der Waals surface area contributed by atoms with E-state index < -0.39 is 26.8 Å². The van der Waals surface area contributed by atoms with Crippen molar-refractivity contribution in [3.63, 3.8) is 0 Å². The molecule has 1 aliphatic heterocycles. The maximum Gasteiger partial charge on any atom is 1.00 e. The zero-order valence-electron chi connectivity index (χ0n) is 14.9. The Morgan fingerprint density at radius 3 is 2.29 bits per heavy atom. The van der Waals surface area contributed by atoms with Gasteiger partial charge in [0.1, 0.15) is 10.1 Å². The van der Waals surface area contributed by atoms with Crippen molar-refractivity contribution in [3.8, 4) is 0 Å². The summed E-state index contributed by atoms with van der Waals surface area (Å²) in [6, 6.07) is 13.7. The molecule has 0 aromatic heterocycles. The first-order chi connectivity index (χ1) is 12.8. The van der Waals surface area contributed by atoms with Gasteiger partial charge in [-0.15, -0.1) is 0 Å². The van der Waals surface area contributed by atoms with Crippen molar-refractivity contribution in [1.82, 2.24) is 4.90 Å². The minimum Gasteiger partial charge on any atom is -0.744 e. The monoisotopic (exact) mass is 420 g/mol. The minimum atomic E-state index is -4.76. The smallest absolute Gasteiger partial charge is 0.744 e. The number of hydrogen-bond acceptors (Lipinski definition) is 6. The summed E-state index contributed by atoms with van der Waals surface area (Å²) < 4.78 is 34.4. The van der Waals surface area contributed by atoms with E-state index >= 15 is 0 Å². The molecule has 9 heteroatoms. The Hall–Kier alpha value is -1.59. The maximum atomic E-state index is 13.0. The van der Waals surface area contributed by atoms with E-state index in [0.717, 1.165) is 11.0 Å². The van der Waals surface area contributed by atoms with E-state index in [0.29, 0.717) is 22.0 Å². The maximum absolute atomic E-state index is 13.0. The van der Waals surface area contributed by atoms with Crippen LogP contribution in [0.1, 0.15) is 26.3 Å². The van der Waals surface area contributed by atoms with Gasteiger partial charge in [-0.05, 0) is 35.2 Å². The third-order valence-corrected chi connectivity index (χ3v) is 5.39. The quantitative estimate of drug-likeness (QED) is 0.254. The Kier molecular flexibility index (Phi) is 5.79. The zero-order chi connectivity index (χ0) is 19.3. The van der Waals surface area contributed by atoms with Gasteiger partial charge in [0.15, 0.2) is 0 Å². The van der Waals surface area contributed by atoms with Crippen LogP contribution in [0, 0.1) is 0 Å². The van der Waals surface area contributed by atoms with Crippen LogP contribution in [0.15, 0.2) is 59.5 Å². The number of carbonyl (C=O) groups excluding carboxylic acids is 2. The third-order valence-electron chi connectivity index (χ3n) is 4.57. The molecule has 2 amide bonds. The van der Waals surface area contributed by atoms with Crippen LogP contribution >= 0.6 is 0 Å². The molecule has 1 heterocycles. The minimum absolute atomic E-state index is 0. The fourth-order valence-corrected chi connectivity index (χ4v) is 3.80. The second-order valence-corrected chi connectivity index (χ2v) is 7.60. The SMILES string of the molecule is Nc1ccccc1CN1C(=O)c2cccc3cc(S(=O)(=O)[O-])cc(c23)C1=O.[K+]. The predicted molar refractivity (Wildman–Crippen MR) is 97.0 cm³/mol. The molecule has 4 rings (SSSR count). The number of amides is 2. The van der Waals surface area contributed by atoms with Crippen LogP contribution in [0.4, 0.5) is 5.69 Å². The molecule has 0 unspecified atom stereocenters. The fraction of sp³-hybridized carbons (Fsp3) is 0.0526. The molecule has 3 aromatic carbocycles. The molecule has 2 N–H and O–H groups in total. The fourth-order valence-electron chi connectivity index (χ4n) is 3.27. The van der Waals surface area contributed by atoms with Gasteiger partial charge < -0.3 is 10.3 Å². The second kappa shape index (κ2) is 7.67. The van der Waals surface area contributed by atoms with Crippen LogP contribution in [-0.2, 0) is 16.7 Å². The third kappa shape index (κ3) is 3.55. The predicted octanol–water partition coefficient (Wildman–Crippen LogP) is -0.874. The summed E-state index contributed by atoms with van der Waals surface area (Å²) in [6.45, 7) is -0.0610. The van der Waals surface area contributed by atoms with Gasteiger partial charge in [-0.3, -0.25) is 14.5 Å². The van der Waals surface area contributed by atoms with Crippen LogP contribution in [0.25, 0.3) is 10.8 Å². The van der Waals surface area contributed by atoms with Crippen molar-refractivity contribution >= 4 is 38.4 Å². The molecule has 3 aromatic rings. The number of rotatable bonds is 3. The summed E-state index contributed by atoms with van der Waals surface area (Å²) in [5.74, 6) is -1.17. The Bertz CT molecular complexity index is 1240. The summed E-state index contributed by atoms with van der Waals surface area (Å²) in [5, 5.41) is 0.692. The van der Waals surface area contributed by atoms with Crippen LogP contribution in [0.3, 0.4) is 0 Å². The topological polar surface area (TPSA) is 121 Å². The normalized spacial score (nSPS) is 13.5. The first-order valence-corrected chi connectivity index (χ1v) is 9.40. The number of carbonyl (C=O) groups is 2. The van der Waals surface area contributed by atoms with Gasteiger partial charge in [0.05, 0.1) is 11.4 Å².